The Morgan fingerprint density at radius 2 is 2.10 bits per heavy atom. The van der Waals surface area contributed by atoms with E-state index in [9.17, 15) is 9.90 Å². The fourth-order valence-corrected chi connectivity index (χ4v) is 2.78. The first-order valence-electron chi connectivity index (χ1n) is 7.50. The smallest absolute Gasteiger partial charge is 0.322 e. The number of nitrogens with one attached hydrogen (secondary N) is 1. The molecule has 1 saturated heterocycles. The lowest BCUT2D eigenvalue weighted by Crippen LogP contribution is -2.40. The summed E-state index contributed by atoms with van der Waals surface area (Å²) in [6.45, 7) is 2.54. The first kappa shape index (κ1) is 15.6. The summed E-state index contributed by atoms with van der Waals surface area (Å²) in [5.41, 5.74) is 1.90. The monoisotopic (exact) mass is 291 g/mol. The van der Waals surface area contributed by atoms with E-state index in [-0.39, 0.29) is 18.2 Å². The van der Waals surface area contributed by atoms with Crippen molar-refractivity contribution in [3.05, 3.63) is 24.3 Å². The molecule has 1 aliphatic heterocycles. The van der Waals surface area contributed by atoms with Gasteiger partial charge in [-0.1, -0.05) is 0 Å². The molecule has 2 unspecified atom stereocenters. The average molecular weight is 291 g/mol. The highest BCUT2D eigenvalue weighted by Crippen LogP contribution is 2.23. The zero-order valence-corrected chi connectivity index (χ0v) is 13.0. The zero-order chi connectivity index (χ0) is 15.4. The Morgan fingerprint density at radius 3 is 2.67 bits per heavy atom. The Balaban J connectivity index is 1.97. The predicted octanol–water partition coefficient (Wildman–Crippen LogP) is 2.52. The van der Waals surface area contributed by atoms with E-state index in [1.807, 2.05) is 48.2 Å². The normalized spacial score (nSPS) is 19.4. The number of likely N-dealkylation sites (tertiary alicyclic amines) is 1. The van der Waals surface area contributed by atoms with Crippen molar-refractivity contribution in [1.29, 1.82) is 0 Å². The third-order valence-electron chi connectivity index (χ3n) is 3.89. The fourth-order valence-electron chi connectivity index (χ4n) is 2.78. The minimum atomic E-state index is -0.372. The van der Waals surface area contributed by atoms with Crippen molar-refractivity contribution >= 4 is 17.4 Å². The van der Waals surface area contributed by atoms with Gasteiger partial charge in [-0.05, 0) is 50.5 Å². The quantitative estimate of drug-likeness (QED) is 0.896. The summed E-state index contributed by atoms with van der Waals surface area (Å²) >= 11 is 0. The van der Waals surface area contributed by atoms with Crippen LogP contribution >= 0.6 is 0 Å². The minimum Gasteiger partial charge on any atom is -0.393 e. The molecular formula is C16H25N3O2. The van der Waals surface area contributed by atoms with Crippen molar-refractivity contribution < 1.29 is 9.90 Å². The van der Waals surface area contributed by atoms with Gasteiger partial charge in [0, 0.05) is 38.1 Å². The number of urea groups is 1. The number of amides is 2. The van der Waals surface area contributed by atoms with E-state index in [0.717, 1.165) is 30.8 Å². The molecule has 0 spiro atoms. The molecule has 0 aromatic heterocycles. The van der Waals surface area contributed by atoms with Crippen LogP contribution < -0.4 is 10.2 Å². The van der Waals surface area contributed by atoms with Crippen LogP contribution in [-0.4, -0.2) is 48.8 Å². The van der Waals surface area contributed by atoms with E-state index in [1.54, 1.807) is 6.92 Å². The number of carbonyl (C=O) groups is 1. The lowest BCUT2D eigenvalue weighted by Gasteiger charge is -2.26. The Kier molecular flexibility index (Phi) is 5.07. The van der Waals surface area contributed by atoms with E-state index in [2.05, 4.69) is 5.32 Å². The summed E-state index contributed by atoms with van der Waals surface area (Å²) < 4.78 is 0. The second-order valence-corrected chi connectivity index (χ2v) is 5.95. The third kappa shape index (κ3) is 4.11. The van der Waals surface area contributed by atoms with Crippen LogP contribution in [0.25, 0.3) is 0 Å². The zero-order valence-electron chi connectivity index (χ0n) is 13.0. The molecule has 5 heteroatoms. The Morgan fingerprint density at radius 1 is 1.43 bits per heavy atom. The van der Waals surface area contributed by atoms with Gasteiger partial charge in [-0.2, -0.15) is 0 Å². The summed E-state index contributed by atoms with van der Waals surface area (Å²) in [4.78, 5) is 16.2. The highest BCUT2D eigenvalue weighted by Gasteiger charge is 2.29. The average Bonchev–Trinajstić information content (AvgIpc) is 2.86. The molecule has 0 radical (unpaired) electrons. The summed E-state index contributed by atoms with van der Waals surface area (Å²) in [6.07, 6.45) is 2.25. The van der Waals surface area contributed by atoms with Crippen molar-refractivity contribution in [3.63, 3.8) is 0 Å². The van der Waals surface area contributed by atoms with Crippen molar-refractivity contribution in [1.82, 2.24) is 4.90 Å². The molecule has 116 valence electrons. The second-order valence-electron chi connectivity index (χ2n) is 5.95. The summed E-state index contributed by atoms with van der Waals surface area (Å²) in [7, 11) is 3.97. The van der Waals surface area contributed by atoms with Gasteiger partial charge in [0.1, 0.15) is 0 Å². The number of nitrogens with zero attached hydrogens (tertiary/aromatic N) is 2. The Bertz CT molecular complexity index is 471. The van der Waals surface area contributed by atoms with Crippen LogP contribution in [0.5, 0.6) is 0 Å². The highest BCUT2D eigenvalue weighted by atomic mass is 16.3. The fraction of sp³-hybridized carbons (Fsp3) is 0.562. The molecule has 2 atom stereocenters. The molecule has 1 aliphatic rings. The number of hydrogen-bond acceptors (Lipinski definition) is 3. The van der Waals surface area contributed by atoms with E-state index >= 15 is 0 Å². The molecule has 0 saturated carbocycles. The topological polar surface area (TPSA) is 55.8 Å². The number of aliphatic hydroxyl groups excluding tert-OH is 1. The van der Waals surface area contributed by atoms with Crippen LogP contribution in [0.4, 0.5) is 16.2 Å². The highest BCUT2D eigenvalue weighted by molar-refractivity contribution is 5.89. The van der Waals surface area contributed by atoms with Gasteiger partial charge in [0.25, 0.3) is 0 Å². The van der Waals surface area contributed by atoms with Crippen molar-refractivity contribution in [2.75, 3.05) is 30.9 Å². The van der Waals surface area contributed by atoms with Gasteiger partial charge in [-0.25, -0.2) is 4.79 Å². The Hall–Kier alpha value is -1.75. The van der Waals surface area contributed by atoms with Crippen LogP contribution in [0.3, 0.4) is 0 Å². The van der Waals surface area contributed by atoms with Crippen molar-refractivity contribution in [2.24, 2.45) is 0 Å². The molecule has 1 aromatic rings. The second kappa shape index (κ2) is 6.80. The summed E-state index contributed by atoms with van der Waals surface area (Å²) in [5, 5.41) is 12.5. The van der Waals surface area contributed by atoms with Gasteiger partial charge in [0.2, 0.25) is 0 Å². The van der Waals surface area contributed by atoms with Gasteiger partial charge in [0.15, 0.2) is 0 Å². The first-order valence-corrected chi connectivity index (χ1v) is 7.50. The minimum absolute atomic E-state index is 0.0734. The summed E-state index contributed by atoms with van der Waals surface area (Å²) in [5.74, 6) is 0. The number of anilines is 2. The van der Waals surface area contributed by atoms with Gasteiger partial charge in [-0.15, -0.1) is 0 Å². The van der Waals surface area contributed by atoms with Crippen LogP contribution in [0.1, 0.15) is 26.2 Å². The number of hydrogen-bond donors (Lipinski definition) is 2. The van der Waals surface area contributed by atoms with Crippen LogP contribution in [0.2, 0.25) is 0 Å². The van der Waals surface area contributed by atoms with Crippen molar-refractivity contribution in [3.8, 4) is 0 Å². The predicted molar refractivity (Wildman–Crippen MR) is 85.8 cm³/mol. The number of carbonyl (C=O) groups excluding carboxylic acids is 1. The molecular weight excluding hydrogens is 266 g/mol. The van der Waals surface area contributed by atoms with Crippen LogP contribution in [-0.2, 0) is 0 Å². The molecule has 2 amide bonds. The van der Waals surface area contributed by atoms with Crippen LogP contribution in [0, 0.1) is 0 Å². The van der Waals surface area contributed by atoms with Gasteiger partial charge in [0.05, 0.1) is 6.10 Å². The summed E-state index contributed by atoms with van der Waals surface area (Å²) in [6, 6.07) is 7.85. The van der Waals surface area contributed by atoms with Gasteiger partial charge >= 0.3 is 6.03 Å². The maximum absolute atomic E-state index is 12.3. The molecule has 2 rings (SSSR count). The lowest BCUT2D eigenvalue weighted by atomic mass is 10.1. The number of aliphatic hydroxyl groups is 1. The maximum Gasteiger partial charge on any atom is 0.322 e. The number of rotatable bonds is 4. The maximum atomic E-state index is 12.3. The molecule has 5 nitrogen and oxygen atoms in total. The molecule has 2 N–H and O–H groups in total. The molecule has 0 aliphatic carbocycles. The molecule has 0 bridgehead atoms. The van der Waals surface area contributed by atoms with Crippen molar-refractivity contribution in [2.45, 2.75) is 38.3 Å². The van der Waals surface area contributed by atoms with E-state index in [1.165, 1.54) is 0 Å². The number of benzene rings is 1. The SMILES string of the molecule is CC(O)CC1CCCN1C(=O)Nc1ccc(N(C)C)cc1. The van der Waals surface area contributed by atoms with E-state index < -0.39 is 0 Å². The van der Waals surface area contributed by atoms with Gasteiger partial charge < -0.3 is 20.2 Å². The molecule has 1 fully saturated rings. The molecule has 1 heterocycles. The largest absolute Gasteiger partial charge is 0.393 e. The molecule has 21 heavy (non-hydrogen) atoms. The van der Waals surface area contributed by atoms with E-state index in [0.29, 0.717) is 6.42 Å². The molecule has 1 aromatic carbocycles. The third-order valence-corrected chi connectivity index (χ3v) is 3.89. The first-order chi connectivity index (χ1) is 9.97. The van der Waals surface area contributed by atoms with Crippen LogP contribution in [0.15, 0.2) is 24.3 Å². The standard InChI is InChI=1S/C16H25N3O2/c1-12(20)11-15-5-4-10-19(15)16(21)17-13-6-8-14(9-7-13)18(2)3/h6-9,12,15,20H,4-5,10-11H2,1-3H3,(H,17,21). The van der Waals surface area contributed by atoms with Gasteiger partial charge in [-0.3, -0.25) is 0 Å². The Labute approximate surface area is 126 Å². The van der Waals surface area contributed by atoms with E-state index in [4.69, 9.17) is 0 Å². The lowest BCUT2D eigenvalue weighted by molar-refractivity contribution is 0.142.